The second kappa shape index (κ2) is 7.42. The maximum absolute atomic E-state index is 12.4. The molecule has 25 heavy (non-hydrogen) atoms. The number of likely N-dealkylation sites (tertiary alicyclic amines) is 1. The first kappa shape index (κ1) is 17.7. The zero-order chi connectivity index (χ0) is 18.0. The zero-order valence-corrected chi connectivity index (χ0v) is 15.0. The van der Waals surface area contributed by atoms with Crippen molar-refractivity contribution in [3.63, 3.8) is 0 Å². The molecule has 0 bridgehead atoms. The second-order valence-corrected chi connectivity index (χ2v) is 7.67. The Kier molecular flexibility index (Phi) is 5.26. The van der Waals surface area contributed by atoms with Crippen molar-refractivity contribution in [2.24, 2.45) is 17.8 Å². The molecule has 1 amide bonds. The average Bonchev–Trinajstić information content (AvgIpc) is 3.33. The Labute approximate surface area is 149 Å². The van der Waals surface area contributed by atoms with Gasteiger partial charge in [-0.1, -0.05) is 50.3 Å². The van der Waals surface area contributed by atoms with Crippen molar-refractivity contribution in [2.75, 3.05) is 13.1 Å². The highest BCUT2D eigenvalue weighted by Crippen LogP contribution is 2.44. The van der Waals surface area contributed by atoms with Crippen molar-refractivity contribution in [3.05, 3.63) is 41.5 Å². The SMILES string of the molecule is CC(C)c1ccc(/C=C/CC(=O)N2C[C@H](C(=O)O)[C@@H](C3CC3)C2)cc1. The molecule has 2 aliphatic rings. The molecule has 3 rings (SSSR count). The average molecular weight is 341 g/mol. The first-order valence-electron chi connectivity index (χ1n) is 9.22. The van der Waals surface area contributed by atoms with Gasteiger partial charge in [-0.25, -0.2) is 0 Å². The lowest BCUT2D eigenvalue weighted by atomic mass is 9.92. The van der Waals surface area contributed by atoms with E-state index in [-0.39, 0.29) is 17.7 Å². The standard InChI is InChI=1S/C21H27NO3/c1-14(2)16-8-6-15(7-9-16)4-3-5-20(23)22-12-18(17-10-11-17)19(13-22)21(24)25/h3-4,6-9,14,17-19H,5,10-13H2,1-2H3,(H,24,25)/b4-3+/t18-,19+/m1/s1. The summed E-state index contributed by atoms with van der Waals surface area (Å²) in [7, 11) is 0. The summed E-state index contributed by atoms with van der Waals surface area (Å²) in [6.07, 6.45) is 6.40. The van der Waals surface area contributed by atoms with E-state index in [1.807, 2.05) is 12.2 Å². The number of hydrogen-bond acceptors (Lipinski definition) is 2. The number of rotatable bonds is 6. The summed E-state index contributed by atoms with van der Waals surface area (Å²) in [5.41, 5.74) is 2.38. The third kappa shape index (κ3) is 4.30. The van der Waals surface area contributed by atoms with Gasteiger partial charge in [0.1, 0.15) is 0 Å². The number of carboxylic acid groups (broad SMARTS) is 1. The van der Waals surface area contributed by atoms with Gasteiger partial charge in [-0.2, -0.15) is 0 Å². The number of carboxylic acids is 1. The van der Waals surface area contributed by atoms with Crippen molar-refractivity contribution >= 4 is 18.0 Å². The van der Waals surface area contributed by atoms with E-state index in [9.17, 15) is 14.7 Å². The number of carbonyl (C=O) groups excluding carboxylic acids is 1. The highest BCUT2D eigenvalue weighted by molar-refractivity contribution is 5.81. The van der Waals surface area contributed by atoms with Crippen molar-refractivity contribution in [2.45, 2.75) is 39.0 Å². The lowest BCUT2D eigenvalue weighted by Crippen LogP contribution is -2.29. The van der Waals surface area contributed by atoms with Gasteiger partial charge < -0.3 is 10.0 Å². The molecule has 1 aliphatic carbocycles. The molecule has 4 nitrogen and oxygen atoms in total. The van der Waals surface area contributed by atoms with Crippen LogP contribution in [-0.2, 0) is 9.59 Å². The van der Waals surface area contributed by atoms with Crippen molar-refractivity contribution in [3.8, 4) is 0 Å². The molecule has 134 valence electrons. The van der Waals surface area contributed by atoms with E-state index in [0.717, 1.165) is 18.4 Å². The molecule has 1 saturated carbocycles. The first-order valence-corrected chi connectivity index (χ1v) is 9.22. The van der Waals surface area contributed by atoms with E-state index in [0.29, 0.717) is 31.3 Å². The minimum absolute atomic E-state index is 0.0319. The summed E-state index contributed by atoms with van der Waals surface area (Å²) >= 11 is 0. The van der Waals surface area contributed by atoms with E-state index < -0.39 is 5.97 Å². The van der Waals surface area contributed by atoms with E-state index in [2.05, 4.69) is 38.1 Å². The van der Waals surface area contributed by atoms with E-state index in [1.165, 1.54) is 5.56 Å². The van der Waals surface area contributed by atoms with Gasteiger partial charge >= 0.3 is 5.97 Å². The Morgan fingerprint density at radius 1 is 1.20 bits per heavy atom. The molecule has 1 aliphatic heterocycles. The van der Waals surface area contributed by atoms with Crippen LogP contribution in [-0.4, -0.2) is 35.0 Å². The molecule has 1 saturated heterocycles. The van der Waals surface area contributed by atoms with Gasteiger partial charge in [-0.05, 0) is 41.7 Å². The molecule has 1 N–H and O–H groups in total. The molecule has 0 aromatic heterocycles. The van der Waals surface area contributed by atoms with Crippen LogP contribution in [0.1, 0.15) is 50.2 Å². The van der Waals surface area contributed by atoms with Gasteiger partial charge in [0.15, 0.2) is 0 Å². The van der Waals surface area contributed by atoms with Crippen LogP contribution >= 0.6 is 0 Å². The number of amides is 1. The van der Waals surface area contributed by atoms with Crippen LogP contribution in [0.15, 0.2) is 30.3 Å². The molecule has 1 aromatic carbocycles. The molecular weight excluding hydrogens is 314 g/mol. The summed E-state index contributed by atoms with van der Waals surface area (Å²) < 4.78 is 0. The topological polar surface area (TPSA) is 57.6 Å². The van der Waals surface area contributed by atoms with Crippen LogP contribution < -0.4 is 0 Å². The highest BCUT2D eigenvalue weighted by Gasteiger charge is 2.46. The highest BCUT2D eigenvalue weighted by atomic mass is 16.4. The molecule has 4 heteroatoms. The smallest absolute Gasteiger partial charge is 0.308 e. The van der Waals surface area contributed by atoms with Gasteiger partial charge in [-0.15, -0.1) is 0 Å². The van der Waals surface area contributed by atoms with Crippen LogP contribution in [0.5, 0.6) is 0 Å². The number of carbonyl (C=O) groups is 2. The maximum Gasteiger partial charge on any atom is 0.308 e. The van der Waals surface area contributed by atoms with E-state index in [4.69, 9.17) is 0 Å². The Hall–Kier alpha value is -2.10. The molecule has 0 radical (unpaired) electrons. The first-order chi connectivity index (χ1) is 12.0. The van der Waals surface area contributed by atoms with Crippen LogP contribution in [0.4, 0.5) is 0 Å². The minimum Gasteiger partial charge on any atom is -0.481 e. The normalized spacial score (nSPS) is 23.6. The quantitative estimate of drug-likeness (QED) is 0.856. The molecule has 0 spiro atoms. The molecular formula is C21H27NO3. The molecule has 2 fully saturated rings. The Morgan fingerprint density at radius 2 is 1.88 bits per heavy atom. The van der Waals surface area contributed by atoms with Crippen molar-refractivity contribution in [1.29, 1.82) is 0 Å². The third-order valence-corrected chi connectivity index (χ3v) is 5.47. The zero-order valence-electron chi connectivity index (χ0n) is 15.0. The van der Waals surface area contributed by atoms with Crippen molar-refractivity contribution in [1.82, 2.24) is 4.90 Å². The Bertz CT molecular complexity index is 658. The van der Waals surface area contributed by atoms with Crippen LogP contribution in [0, 0.1) is 17.8 Å². The predicted octanol–water partition coefficient (Wildman–Crippen LogP) is 3.78. The summed E-state index contributed by atoms with van der Waals surface area (Å²) in [4.78, 5) is 25.6. The fourth-order valence-electron chi connectivity index (χ4n) is 3.71. The molecule has 1 heterocycles. The van der Waals surface area contributed by atoms with Crippen molar-refractivity contribution < 1.29 is 14.7 Å². The Balaban J connectivity index is 1.54. The third-order valence-electron chi connectivity index (χ3n) is 5.47. The minimum atomic E-state index is -0.756. The number of hydrogen-bond donors (Lipinski definition) is 1. The fourth-order valence-corrected chi connectivity index (χ4v) is 3.71. The number of aliphatic carboxylic acids is 1. The largest absolute Gasteiger partial charge is 0.481 e. The summed E-state index contributed by atoms with van der Waals surface area (Å²) in [6.45, 7) is 5.31. The fraction of sp³-hybridized carbons (Fsp3) is 0.524. The predicted molar refractivity (Wildman–Crippen MR) is 98.1 cm³/mol. The lowest BCUT2D eigenvalue weighted by Gasteiger charge is -2.15. The van der Waals surface area contributed by atoms with E-state index in [1.54, 1.807) is 4.90 Å². The number of benzene rings is 1. The van der Waals surface area contributed by atoms with Gasteiger partial charge in [0.2, 0.25) is 5.91 Å². The van der Waals surface area contributed by atoms with Crippen LogP contribution in [0.2, 0.25) is 0 Å². The maximum atomic E-state index is 12.4. The van der Waals surface area contributed by atoms with Crippen LogP contribution in [0.3, 0.4) is 0 Å². The monoisotopic (exact) mass is 341 g/mol. The van der Waals surface area contributed by atoms with Gasteiger partial charge in [0, 0.05) is 19.5 Å². The van der Waals surface area contributed by atoms with Gasteiger partial charge in [0.05, 0.1) is 5.92 Å². The van der Waals surface area contributed by atoms with Crippen LogP contribution in [0.25, 0.3) is 6.08 Å². The molecule has 0 unspecified atom stereocenters. The van der Waals surface area contributed by atoms with E-state index >= 15 is 0 Å². The number of nitrogens with zero attached hydrogens (tertiary/aromatic N) is 1. The van der Waals surface area contributed by atoms with Gasteiger partial charge in [0.25, 0.3) is 0 Å². The summed E-state index contributed by atoms with van der Waals surface area (Å²) in [6, 6.07) is 8.36. The molecule has 1 aromatic rings. The molecule has 2 atom stereocenters. The van der Waals surface area contributed by atoms with Gasteiger partial charge in [-0.3, -0.25) is 9.59 Å². The lowest BCUT2D eigenvalue weighted by molar-refractivity contribution is -0.142. The summed E-state index contributed by atoms with van der Waals surface area (Å²) in [5.74, 6) is 0.0562. The summed E-state index contributed by atoms with van der Waals surface area (Å²) in [5, 5.41) is 9.39. The Morgan fingerprint density at radius 3 is 2.44 bits per heavy atom. The second-order valence-electron chi connectivity index (χ2n) is 7.67.